The molecular formula is C16H19N3S. The van der Waals surface area contributed by atoms with E-state index in [1.54, 1.807) is 11.3 Å². The zero-order valence-electron chi connectivity index (χ0n) is 12.3. The van der Waals surface area contributed by atoms with Gasteiger partial charge in [0.05, 0.1) is 16.8 Å². The van der Waals surface area contributed by atoms with Crippen molar-refractivity contribution < 1.29 is 0 Å². The number of benzene rings is 1. The molecule has 1 aromatic heterocycles. The average Bonchev–Trinajstić information content (AvgIpc) is 2.87. The second-order valence-electron chi connectivity index (χ2n) is 5.85. The molecule has 0 bridgehead atoms. The highest BCUT2D eigenvalue weighted by atomic mass is 32.1. The number of thiazole rings is 1. The third-order valence-electron chi connectivity index (χ3n) is 3.03. The van der Waals surface area contributed by atoms with Crippen LogP contribution in [-0.4, -0.2) is 4.98 Å². The lowest BCUT2D eigenvalue weighted by molar-refractivity contribution is 0.582. The summed E-state index contributed by atoms with van der Waals surface area (Å²) in [6, 6.07) is 9.84. The molecule has 0 saturated heterocycles. The molecule has 0 radical (unpaired) electrons. The summed E-state index contributed by atoms with van der Waals surface area (Å²) in [5.74, 6) is 0. The zero-order chi connectivity index (χ0) is 14.8. The number of hydrogen-bond donors (Lipinski definition) is 1. The van der Waals surface area contributed by atoms with E-state index in [1.807, 2.05) is 36.6 Å². The molecule has 0 fully saturated rings. The molecule has 0 saturated carbocycles. The molecule has 0 spiro atoms. The lowest BCUT2D eigenvalue weighted by Gasteiger charge is -2.15. The average molecular weight is 285 g/mol. The van der Waals surface area contributed by atoms with E-state index in [9.17, 15) is 5.26 Å². The second kappa shape index (κ2) is 5.64. The van der Waals surface area contributed by atoms with Crippen LogP contribution in [0.2, 0.25) is 0 Å². The normalized spacial score (nSPS) is 12.8. The van der Waals surface area contributed by atoms with Crippen LogP contribution in [0.15, 0.2) is 29.6 Å². The monoisotopic (exact) mass is 285 g/mol. The molecule has 1 atom stereocenters. The summed E-state index contributed by atoms with van der Waals surface area (Å²) >= 11 is 1.61. The molecule has 2 rings (SSSR count). The summed E-state index contributed by atoms with van der Waals surface area (Å²) in [5.41, 5.74) is 2.92. The highest BCUT2D eigenvalue weighted by Gasteiger charge is 2.21. The molecule has 2 aromatic rings. The minimum Gasteiger partial charge on any atom is -0.365 e. The molecule has 4 heteroatoms. The first-order chi connectivity index (χ1) is 9.41. The maximum Gasteiger partial charge on any atom is 0.158 e. The van der Waals surface area contributed by atoms with Gasteiger partial charge >= 0.3 is 0 Å². The lowest BCUT2D eigenvalue weighted by atomic mass is 9.98. The van der Waals surface area contributed by atoms with Crippen LogP contribution in [0.5, 0.6) is 0 Å². The van der Waals surface area contributed by atoms with E-state index in [0.717, 1.165) is 22.0 Å². The predicted octanol–water partition coefficient (Wildman–Crippen LogP) is 4.43. The smallest absolute Gasteiger partial charge is 0.158 e. The Bertz CT molecular complexity index is 632. The van der Waals surface area contributed by atoms with Crippen molar-refractivity contribution in [2.24, 2.45) is 0 Å². The first-order valence-electron chi connectivity index (χ1n) is 6.59. The quantitative estimate of drug-likeness (QED) is 0.907. The zero-order valence-corrected chi connectivity index (χ0v) is 13.1. The van der Waals surface area contributed by atoms with E-state index in [4.69, 9.17) is 0 Å². The van der Waals surface area contributed by atoms with Gasteiger partial charge in [0.15, 0.2) is 6.04 Å². The topological polar surface area (TPSA) is 48.7 Å². The van der Waals surface area contributed by atoms with Crippen molar-refractivity contribution in [3.8, 4) is 6.07 Å². The van der Waals surface area contributed by atoms with Gasteiger partial charge in [-0.2, -0.15) is 5.26 Å². The number of aryl methyl sites for hydroxylation is 1. The Labute approximate surface area is 124 Å². The van der Waals surface area contributed by atoms with Gasteiger partial charge in [-0.1, -0.05) is 39.0 Å². The van der Waals surface area contributed by atoms with E-state index in [0.29, 0.717) is 0 Å². The SMILES string of the molecule is Cc1ccccc1NC(C#N)c1csc(C(C)(C)C)n1. The molecule has 104 valence electrons. The summed E-state index contributed by atoms with van der Waals surface area (Å²) < 4.78 is 0. The fourth-order valence-electron chi connectivity index (χ4n) is 1.83. The van der Waals surface area contributed by atoms with Gasteiger partial charge in [0.1, 0.15) is 0 Å². The Hall–Kier alpha value is -1.86. The molecule has 1 aromatic carbocycles. The summed E-state index contributed by atoms with van der Waals surface area (Å²) in [4.78, 5) is 4.61. The predicted molar refractivity (Wildman–Crippen MR) is 84.0 cm³/mol. The molecule has 1 N–H and O–H groups in total. The van der Waals surface area contributed by atoms with Crippen LogP contribution in [0.3, 0.4) is 0 Å². The van der Waals surface area contributed by atoms with Gasteiger partial charge in [0.25, 0.3) is 0 Å². The first kappa shape index (κ1) is 14.5. The Kier molecular flexibility index (Phi) is 4.10. The molecule has 0 aliphatic carbocycles. The van der Waals surface area contributed by atoms with Gasteiger partial charge in [0.2, 0.25) is 0 Å². The molecule has 1 heterocycles. The minimum atomic E-state index is -0.413. The van der Waals surface area contributed by atoms with E-state index < -0.39 is 6.04 Å². The van der Waals surface area contributed by atoms with Crippen molar-refractivity contribution >= 4 is 17.0 Å². The third kappa shape index (κ3) is 3.17. The Morgan fingerprint density at radius 2 is 2.00 bits per heavy atom. The number of nitrogens with zero attached hydrogens (tertiary/aromatic N) is 2. The van der Waals surface area contributed by atoms with Gasteiger partial charge in [-0.3, -0.25) is 0 Å². The molecule has 0 amide bonds. The standard InChI is InChI=1S/C16H19N3S/c1-11-7-5-6-8-12(11)18-13(9-17)14-10-20-15(19-14)16(2,3)4/h5-8,10,13,18H,1-4H3. The van der Waals surface area contributed by atoms with Gasteiger partial charge in [0, 0.05) is 16.5 Å². The van der Waals surface area contributed by atoms with Crippen molar-refractivity contribution in [3.63, 3.8) is 0 Å². The summed E-state index contributed by atoms with van der Waals surface area (Å²) in [5, 5.41) is 15.7. The van der Waals surface area contributed by atoms with Crippen molar-refractivity contribution in [2.45, 2.75) is 39.2 Å². The van der Waals surface area contributed by atoms with Crippen LogP contribution in [-0.2, 0) is 5.41 Å². The van der Waals surface area contributed by atoms with Crippen molar-refractivity contribution in [3.05, 3.63) is 45.9 Å². The number of nitrogens with one attached hydrogen (secondary N) is 1. The number of nitriles is 1. The second-order valence-corrected chi connectivity index (χ2v) is 6.71. The fraction of sp³-hybridized carbons (Fsp3) is 0.375. The van der Waals surface area contributed by atoms with Gasteiger partial charge < -0.3 is 5.32 Å². The Morgan fingerprint density at radius 3 is 2.55 bits per heavy atom. The Balaban J connectivity index is 2.24. The highest BCUT2D eigenvalue weighted by molar-refractivity contribution is 7.09. The molecule has 20 heavy (non-hydrogen) atoms. The highest BCUT2D eigenvalue weighted by Crippen LogP contribution is 2.29. The molecule has 1 unspecified atom stereocenters. The molecule has 0 aliphatic heterocycles. The van der Waals surface area contributed by atoms with Gasteiger partial charge in [-0.05, 0) is 18.6 Å². The number of anilines is 1. The van der Waals surface area contributed by atoms with Crippen molar-refractivity contribution in [1.29, 1.82) is 5.26 Å². The summed E-state index contributed by atoms with van der Waals surface area (Å²) in [7, 11) is 0. The summed E-state index contributed by atoms with van der Waals surface area (Å²) in [6.45, 7) is 8.42. The van der Waals surface area contributed by atoms with E-state index in [1.165, 1.54) is 0 Å². The molecule has 3 nitrogen and oxygen atoms in total. The van der Waals surface area contributed by atoms with Gasteiger partial charge in [-0.25, -0.2) is 4.98 Å². The van der Waals surface area contributed by atoms with Crippen LogP contribution in [0, 0.1) is 18.3 Å². The van der Waals surface area contributed by atoms with E-state index >= 15 is 0 Å². The number of aromatic nitrogens is 1. The third-order valence-corrected chi connectivity index (χ3v) is 4.32. The van der Waals surface area contributed by atoms with Crippen LogP contribution < -0.4 is 5.32 Å². The molecular weight excluding hydrogens is 266 g/mol. The van der Waals surface area contributed by atoms with Crippen LogP contribution in [0.25, 0.3) is 0 Å². The van der Waals surface area contributed by atoms with Crippen molar-refractivity contribution in [1.82, 2.24) is 4.98 Å². The Morgan fingerprint density at radius 1 is 1.30 bits per heavy atom. The van der Waals surface area contributed by atoms with Crippen molar-refractivity contribution in [2.75, 3.05) is 5.32 Å². The maximum atomic E-state index is 9.40. The fourth-order valence-corrected chi connectivity index (χ4v) is 2.76. The van der Waals surface area contributed by atoms with Gasteiger partial charge in [-0.15, -0.1) is 11.3 Å². The largest absolute Gasteiger partial charge is 0.365 e. The molecule has 0 aliphatic rings. The maximum absolute atomic E-state index is 9.40. The van der Waals surface area contributed by atoms with E-state index in [-0.39, 0.29) is 5.41 Å². The van der Waals surface area contributed by atoms with Crippen LogP contribution in [0.4, 0.5) is 5.69 Å². The van der Waals surface area contributed by atoms with E-state index in [2.05, 4.69) is 37.1 Å². The first-order valence-corrected chi connectivity index (χ1v) is 7.47. The minimum absolute atomic E-state index is 0.0194. The number of para-hydroxylation sites is 1. The van der Waals surface area contributed by atoms with Crippen LogP contribution in [0.1, 0.15) is 43.1 Å². The summed E-state index contributed by atoms with van der Waals surface area (Å²) in [6.07, 6.45) is 0. The number of hydrogen-bond acceptors (Lipinski definition) is 4. The van der Waals surface area contributed by atoms with Crippen LogP contribution >= 0.6 is 11.3 Å². The lowest BCUT2D eigenvalue weighted by Crippen LogP contribution is -2.13. The number of rotatable bonds is 3.